The fraction of sp³-hybridized carbons (Fsp3) is 0.300. The molecule has 0 saturated carbocycles. The summed E-state index contributed by atoms with van der Waals surface area (Å²) in [5, 5.41) is 5.71. The van der Waals surface area contributed by atoms with Gasteiger partial charge in [0.2, 0.25) is 0 Å². The number of benzene rings is 2. The minimum atomic E-state index is -0.726. The second kappa shape index (κ2) is 8.23. The fourth-order valence-electron chi connectivity index (χ4n) is 3.00. The van der Waals surface area contributed by atoms with Gasteiger partial charge in [-0.3, -0.25) is 9.59 Å². The molecule has 5 nitrogen and oxygen atoms in total. The van der Waals surface area contributed by atoms with Crippen molar-refractivity contribution in [1.29, 1.82) is 0 Å². The van der Waals surface area contributed by atoms with Gasteiger partial charge in [-0.25, -0.2) is 0 Å². The van der Waals surface area contributed by atoms with Crippen LogP contribution in [-0.4, -0.2) is 24.9 Å². The third-order valence-electron chi connectivity index (χ3n) is 4.50. The molecule has 2 N–H and O–H groups in total. The molecule has 0 bridgehead atoms. The van der Waals surface area contributed by atoms with Crippen molar-refractivity contribution in [3.8, 4) is 0 Å². The molecule has 1 aliphatic heterocycles. The van der Waals surface area contributed by atoms with E-state index in [0.717, 1.165) is 24.3 Å². The quantitative estimate of drug-likeness (QED) is 0.794. The zero-order valence-corrected chi connectivity index (χ0v) is 15.5. The summed E-state index contributed by atoms with van der Waals surface area (Å²) in [4.78, 5) is 26.6. The lowest BCUT2D eigenvalue weighted by molar-refractivity contribution is -0.133. The molecule has 136 valence electrons. The van der Waals surface area contributed by atoms with Crippen molar-refractivity contribution >= 4 is 40.5 Å². The first kappa shape index (κ1) is 18.3. The van der Waals surface area contributed by atoms with E-state index in [1.807, 2.05) is 31.2 Å². The van der Waals surface area contributed by atoms with Gasteiger partial charge in [0, 0.05) is 35.2 Å². The van der Waals surface area contributed by atoms with Gasteiger partial charge in [-0.1, -0.05) is 17.7 Å². The van der Waals surface area contributed by atoms with E-state index in [-0.39, 0.29) is 0 Å². The molecule has 26 heavy (non-hydrogen) atoms. The Balaban J connectivity index is 1.60. The maximum absolute atomic E-state index is 12.1. The average Bonchev–Trinajstić information content (AvgIpc) is 2.66. The van der Waals surface area contributed by atoms with Crippen LogP contribution in [0, 0.1) is 6.92 Å². The van der Waals surface area contributed by atoms with Crippen LogP contribution < -0.4 is 15.5 Å². The van der Waals surface area contributed by atoms with Crippen LogP contribution in [-0.2, 0) is 9.59 Å². The topological polar surface area (TPSA) is 61.4 Å². The van der Waals surface area contributed by atoms with Crippen LogP contribution in [0.5, 0.6) is 0 Å². The Kier molecular flexibility index (Phi) is 5.78. The number of halogens is 1. The van der Waals surface area contributed by atoms with E-state index < -0.39 is 11.8 Å². The zero-order chi connectivity index (χ0) is 18.5. The van der Waals surface area contributed by atoms with Gasteiger partial charge in [0.1, 0.15) is 0 Å². The second-order valence-corrected chi connectivity index (χ2v) is 6.90. The maximum atomic E-state index is 12.1. The van der Waals surface area contributed by atoms with E-state index >= 15 is 0 Å². The summed E-state index contributed by atoms with van der Waals surface area (Å²) in [6.45, 7) is 3.96. The molecule has 0 atom stereocenters. The molecule has 6 heteroatoms. The number of anilines is 3. The first-order valence-electron chi connectivity index (χ1n) is 8.76. The minimum absolute atomic E-state index is 0.500. The van der Waals surface area contributed by atoms with Crippen LogP contribution in [0.4, 0.5) is 17.1 Å². The van der Waals surface area contributed by atoms with Crippen LogP contribution in [0.1, 0.15) is 24.8 Å². The molecule has 1 fully saturated rings. The molecule has 2 aromatic carbocycles. The van der Waals surface area contributed by atoms with E-state index in [2.05, 4.69) is 15.5 Å². The molecule has 3 rings (SSSR count). The molecular formula is C20H22ClN3O2. The number of nitrogens with zero attached hydrogens (tertiary/aromatic N) is 1. The molecule has 0 radical (unpaired) electrons. The number of hydrogen-bond acceptors (Lipinski definition) is 3. The van der Waals surface area contributed by atoms with Gasteiger partial charge < -0.3 is 15.5 Å². The maximum Gasteiger partial charge on any atom is 0.314 e. The highest BCUT2D eigenvalue weighted by Gasteiger charge is 2.16. The van der Waals surface area contributed by atoms with Crippen LogP contribution in [0.3, 0.4) is 0 Å². The van der Waals surface area contributed by atoms with Crippen LogP contribution in [0.15, 0.2) is 42.5 Å². The summed E-state index contributed by atoms with van der Waals surface area (Å²) in [6, 6.07) is 12.7. The van der Waals surface area contributed by atoms with Gasteiger partial charge in [-0.05, 0) is 68.1 Å². The Morgan fingerprint density at radius 1 is 0.923 bits per heavy atom. The Bertz CT molecular complexity index is 799. The number of carbonyl (C=O) groups is 2. The van der Waals surface area contributed by atoms with Crippen molar-refractivity contribution in [3.63, 3.8) is 0 Å². The molecule has 1 aliphatic rings. The zero-order valence-electron chi connectivity index (χ0n) is 14.7. The van der Waals surface area contributed by atoms with Crippen molar-refractivity contribution in [2.24, 2.45) is 0 Å². The summed E-state index contributed by atoms with van der Waals surface area (Å²) in [6.07, 6.45) is 3.70. The molecule has 2 amide bonds. The van der Waals surface area contributed by atoms with Crippen LogP contribution in [0.25, 0.3) is 0 Å². The lowest BCUT2D eigenvalue weighted by atomic mass is 10.1. The number of piperidine rings is 1. The number of aryl methyl sites for hydroxylation is 1. The Morgan fingerprint density at radius 3 is 2.27 bits per heavy atom. The SMILES string of the molecule is Cc1ccc(Cl)cc1NC(=O)C(=O)Nc1ccc(N2CCCCC2)cc1. The van der Waals surface area contributed by atoms with Gasteiger partial charge in [0.25, 0.3) is 0 Å². The van der Waals surface area contributed by atoms with Crippen LogP contribution in [0.2, 0.25) is 5.02 Å². The van der Waals surface area contributed by atoms with Crippen molar-refractivity contribution in [3.05, 3.63) is 53.1 Å². The van der Waals surface area contributed by atoms with E-state index in [1.165, 1.54) is 19.3 Å². The lowest BCUT2D eigenvalue weighted by Crippen LogP contribution is -2.30. The summed E-state index contributed by atoms with van der Waals surface area (Å²) >= 11 is 5.93. The van der Waals surface area contributed by atoms with Crippen LogP contribution >= 0.6 is 11.6 Å². The Hall–Kier alpha value is -2.53. The smallest absolute Gasteiger partial charge is 0.314 e. The molecule has 0 spiro atoms. The Labute approximate surface area is 158 Å². The van der Waals surface area contributed by atoms with Gasteiger partial charge in [-0.15, -0.1) is 0 Å². The highest BCUT2D eigenvalue weighted by molar-refractivity contribution is 6.43. The molecule has 0 aromatic heterocycles. The fourth-order valence-corrected chi connectivity index (χ4v) is 3.18. The van der Waals surface area contributed by atoms with Crippen molar-refractivity contribution in [2.45, 2.75) is 26.2 Å². The summed E-state index contributed by atoms with van der Waals surface area (Å²) < 4.78 is 0. The number of carbonyl (C=O) groups excluding carboxylic acids is 2. The number of hydrogen-bond donors (Lipinski definition) is 2. The van der Waals surface area contributed by atoms with E-state index in [9.17, 15) is 9.59 Å². The average molecular weight is 372 g/mol. The summed E-state index contributed by atoms with van der Waals surface area (Å²) in [5.41, 5.74) is 3.09. The highest BCUT2D eigenvalue weighted by atomic mass is 35.5. The minimum Gasteiger partial charge on any atom is -0.372 e. The molecule has 1 heterocycles. The molecule has 0 aliphatic carbocycles. The highest BCUT2D eigenvalue weighted by Crippen LogP contribution is 2.22. The van der Waals surface area contributed by atoms with Crippen molar-refractivity contribution < 1.29 is 9.59 Å². The number of amides is 2. The Morgan fingerprint density at radius 2 is 1.58 bits per heavy atom. The molecule has 2 aromatic rings. The first-order chi connectivity index (χ1) is 12.5. The molecular weight excluding hydrogens is 350 g/mol. The van der Waals surface area contributed by atoms with E-state index in [1.54, 1.807) is 18.2 Å². The summed E-state index contributed by atoms with van der Waals surface area (Å²) in [5.74, 6) is -1.44. The van der Waals surface area contributed by atoms with Gasteiger partial charge in [-0.2, -0.15) is 0 Å². The van der Waals surface area contributed by atoms with E-state index in [4.69, 9.17) is 11.6 Å². The first-order valence-corrected chi connectivity index (χ1v) is 9.14. The lowest BCUT2D eigenvalue weighted by Gasteiger charge is -2.28. The van der Waals surface area contributed by atoms with Crippen molar-refractivity contribution in [2.75, 3.05) is 28.6 Å². The van der Waals surface area contributed by atoms with E-state index in [0.29, 0.717) is 16.4 Å². The van der Waals surface area contributed by atoms with Crippen molar-refractivity contribution in [1.82, 2.24) is 0 Å². The number of rotatable bonds is 3. The molecule has 0 unspecified atom stereocenters. The third-order valence-corrected chi connectivity index (χ3v) is 4.74. The second-order valence-electron chi connectivity index (χ2n) is 6.46. The van der Waals surface area contributed by atoms with Gasteiger partial charge in [0.05, 0.1) is 0 Å². The third kappa shape index (κ3) is 4.55. The normalized spacial score (nSPS) is 14.0. The standard InChI is InChI=1S/C20H22ClN3O2/c1-14-5-6-15(21)13-18(14)23-20(26)19(25)22-16-7-9-17(10-8-16)24-11-3-2-4-12-24/h5-10,13H,2-4,11-12H2,1H3,(H,22,25)(H,23,26). The largest absolute Gasteiger partial charge is 0.372 e. The summed E-state index contributed by atoms with van der Waals surface area (Å²) in [7, 11) is 0. The predicted octanol–water partition coefficient (Wildman–Crippen LogP) is 4.22. The van der Waals surface area contributed by atoms with Gasteiger partial charge >= 0.3 is 11.8 Å². The predicted molar refractivity (Wildman–Crippen MR) is 106 cm³/mol. The molecule has 1 saturated heterocycles. The van der Waals surface area contributed by atoms with Gasteiger partial charge in [0.15, 0.2) is 0 Å². The number of nitrogens with one attached hydrogen (secondary N) is 2. The monoisotopic (exact) mass is 371 g/mol.